The summed E-state index contributed by atoms with van der Waals surface area (Å²) in [6, 6.07) is 1.84. The zero-order chi connectivity index (χ0) is 6.60. The molecule has 1 saturated carbocycles. The lowest BCUT2D eigenvalue weighted by Crippen LogP contribution is -2.38. The first kappa shape index (κ1) is 5.59. The molecule has 1 aliphatic carbocycles. The first-order valence-electron chi connectivity index (χ1n) is 4.62. The van der Waals surface area contributed by atoms with Crippen molar-refractivity contribution in [2.45, 2.75) is 50.6 Å². The van der Waals surface area contributed by atoms with Crippen LogP contribution in [0.5, 0.6) is 0 Å². The van der Waals surface area contributed by atoms with Crippen LogP contribution in [0.3, 0.4) is 0 Å². The van der Waals surface area contributed by atoms with Crippen molar-refractivity contribution in [2.75, 3.05) is 0 Å². The first-order chi connectivity index (χ1) is 4.86. The molecule has 1 spiro atoms. The molecule has 0 aromatic rings. The van der Waals surface area contributed by atoms with Crippen molar-refractivity contribution in [3.8, 4) is 0 Å². The molecule has 2 bridgehead atoms. The molecule has 1 heteroatoms. The monoisotopic (exact) mass is 137 g/mol. The van der Waals surface area contributed by atoms with Crippen molar-refractivity contribution in [2.24, 2.45) is 5.41 Å². The van der Waals surface area contributed by atoms with Gasteiger partial charge in [-0.1, -0.05) is 0 Å². The number of rotatable bonds is 0. The van der Waals surface area contributed by atoms with Gasteiger partial charge in [0.25, 0.3) is 0 Å². The van der Waals surface area contributed by atoms with Crippen molar-refractivity contribution in [1.82, 2.24) is 5.32 Å². The SMILES string of the molecule is C1C[C@H]2CC3(CC3)C[C@@H]1N2. The van der Waals surface area contributed by atoms with Crippen molar-refractivity contribution in [3.05, 3.63) is 0 Å². The third-order valence-corrected chi connectivity index (χ3v) is 3.65. The number of hydrogen-bond donors (Lipinski definition) is 1. The number of fused-ring (bicyclic) bond motifs is 2. The smallest absolute Gasteiger partial charge is 0.00755 e. The van der Waals surface area contributed by atoms with E-state index in [0.717, 1.165) is 17.5 Å². The highest BCUT2D eigenvalue weighted by molar-refractivity contribution is 5.05. The van der Waals surface area contributed by atoms with Gasteiger partial charge in [-0.2, -0.15) is 0 Å². The summed E-state index contributed by atoms with van der Waals surface area (Å²) in [6.07, 6.45) is 9.02. The van der Waals surface area contributed by atoms with E-state index in [1.54, 1.807) is 12.8 Å². The fourth-order valence-electron chi connectivity index (χ4n) is 2.94. The van der Waals surface area contributed by atoms with Gasteiger partial charge >= 0.3 is 0 Å². The predicted molar refractivity (Wildman–Crippen MR) is 40.8 cm³/mol. The number of nitrogens with one attached hydrogen (secondary N) is 1. The Balaban J connectivity index is 1.84. The van der Waals surface area contributed by atoms with E-state index < -0.39 is 0 Å². The van der Waals surface area contributed by atoms with Crippen LogP contribution in [-0.2, 0) is 0 Å². The predicted octanol–water partition coefficient (Wildman–Crippen LogP) is 1.68. The molecule has 2 aliphatic heterocycles. The molecule has 3 fully saturated rings. The summed E-state index contributed by atoms with van der Waals surface area (Å²) in [5, 5.41) is 3.69. The highest BCUT2D eigenvalue weighted by Gasteiger charge is 2.50. The van der Waals surface area contributed by atoms with Crippen LogP contribution >= 0.6 is 0 Å². The summed E-state index contributed by atoms with van der Waals surface area (Å²) in [7, 11) is 0. The Hall–Kier alpha value is -0.0400. The minimum atomic E-state index is 0.872. The average Bonchev–Trinajstić information content (AvgIpc) is 2.56. The zero-order valence-electron chi connectivity index (χ0n) is 6.40. The average molecular weight is 137 g/mol. The maximum Gasteiger partial charge on any atom is 0.00755 e. The van der Waals surface area contributed by atoms with E-state index in [4.69, 9.17) is 0 Å². The van der Waals surface area contributed by atoms with Crippen LogP contribution < -0.4 is 5.32 Å². The lowest BCUT2D eigenvalue weighted by atomic mass is 9.89. The van der Waals surface area contributed by atoms with Gasteiger partial charge in [-0.3, -0.25) is 0 Å². The number of piperidine rings is 1. The lowest BCUT2D eigenvalue weighted by molar-refractivity contribution is 0.280. The van der Waals surface area contributed by atoms with Crippen LogP contribution in [0.15, 0.2) is 0 Å². The maximum absolute atomic E-state index is 3.69. The Kier molecular flexibility index (Phi) is 0.883. The molecule has 0 aromatic heterocycles. The third kappa shape index (κ3) is 0.672. The van der Waals surface area contributed by atoms with Gasteiger partial charge in [-0.25, -0.2) is 0 Å². The molecule has 3 aliphatic rings. The zero-order valence-corrected chi connectivity index (χ0v) is 6.40. The summed E-state index contributed by atoms with van der Waals surface area (Å²) in [4.78, 5) is 0. The van der Waals surface area contributed by atoms with Gasteiger partial charge in [-0.15, -0.1) is 0 Å². The second-order valence-electron chi connectivity index (χ2n) is 4.55. The van der Waals surface area contributed by atoms with E-state index in [0.29, 0.717) is 0 Å². The molecule has 0 amide bonds. The normalized spacial score (nSPS) is 48.0. The van der Waals surface area contributed by atoms with Gasteiger partial charge < -0.3 is 5.32 Å². The van der Waals surface area contributed by atoms with E-state index in [1.165, 1.54) is 25.7 Å². The molecular formula is C9H15N. The van der Waals surface area contributed by atoms with Crippen LogP contribution in [0.2, 0.25) is 0 Å². The summed E-state index contributed by atoms with van der Waals surface area (Å²) in [5.74, 6) is 0. The van der Waals surface area contributed by atoms with Gasteiger partial charge in [0.05, 0.1) is 0 Å². The van der Waals surface area contributed by atoms with Crippen molar-refractivity contribution in [3.63, 3.8) is 0 Å². The van der Waals surface area contributed by atoms with E-state index in [9.17, 15) is 0 Å². The first-order valence-corrected chi connectivity index (χ1v) is 4.62. The molecule has 56 valence electrons. The van der Waals surface area contributed by atoms with Crippen molar-refractivity contribution < 1.29 is 0 Å². The standard InChI is InChI=1S/C9H15N/c1-2-8-6-9(3-4-9)5-7(1)10-8/h7-8,10H,1-6H2/t7-,8+. The van der Waals surface area contributed by atoms with Crippen LogP contribution in [0.1, 0.15) is 38.5 Å². The van der Waals surface area contributed by atoms with Crippen LogP contribution in [-0.4, -0.2) is 12.1 Å². The van der Waals surface area contributed by atoms with Gasteiger partial charge in [0.2, 0.25) is 0 Å². The lowest BCUT2D eigenvalue weighted by Gasteiger charge is -2.28. The molecule has 1 nitrogen and oxygen atoms in total. The Morgan fingerprint density at radius 3 is 2.10 bits per heavy atom. The molecular weight excluding hydrogens is 122 g/mol. The summed E-state index contributed by atoms with van der Waals surface area (Å²) < 4.78 is 0. The molecule has 10 heavy (non-hydrogen) atoms. The topological polar surface area (TPSA) is 12.0 Å². The molecule has 2 heterocycles. The van der Waals surface area contributed by atoms with E-state index >= 15 is 0 Å². The summed E-state index contributed by atoms with van der Waals surface area (Å²) in [5.41, 5.74) is 0.872. The fourth-order valence-corrected chi connectivity index (χ4v) is 2.94. The minimum absolute atomic E-state index is 0.872. The van der Waals surface area contributed by atoms with E-state index in [2.05, 4.69) is 5.32 Å². The van der Waals surface area contributed by atoms with Crippen LogP contribution in [0.25, 0.3) is 0 Å². The Bertz CT molecular complexity index is 146. The van der Waals surface area contributed by atoms with Crippen LogP contribution in [0.4, 0.5) is 0 Å². The highest BCUT2D eigenvalue weighted by atomic mass is 15.0. The van der Waals surface area contributed by atoms with Gasteiger partial charge in [-0.05, 0) is 43.9 Å². The molecule has 0 unspecified atom stereocenters. The van der Waals surface area contributed by atoms with E-state index in [-0.39, 0.29) is 0 Å². The Morgan fingerprint density at radius 1 is 1.00 bits per heavy atom. The Morgan fingerprint density at radius 2 is 1.60 bits per heavy atom. The summed E-state index contributed by atoms with van der Waals surface area (Å²) >= 11 is 0. The second-order valence-corrected chi connectivity index (χ2v) is 4.55. The molecule has 2 saturated heterocycles. The molecule has 0 aromatic carbocycles. The minimum Gasteiger partial charge on any atom is -0.311 e. The third-order valence-electron chi connectivity index (χ3n) is 3.65. The molecule has 2 atom stereocenters. The Labute approximate surface area is 62.2 Å². The fraction of sp³-hybridized carbons (Fsp3) is 1.00. The van der Waals surface area contributed by atoms with Gasteiger partial charge in [0.15, 0.2) is 0 Å². The highest BCUT2D eigenvalue weighted by Crippen LogP contribution is 2.57. The number of hydrogen-bond acceptors (Lipinski definition) is 1. The van der Waals surface area contributed by atoms with Crippen LogP contribution in [0, 0.1) is 5.41 Å². The van der Waals surface area contributed by atoms with Gasteiger partial charge in [0, 0.05) is 12.1 Å². The quantitative estimate of drug-likeness (QED) is 0.535. The summed E-state index contributed by atoms with van der Waals surface area (Å²) in [6.45, 7) is 0. The van der Waals surface area contributed by atoms with Gasteiger partial charge in [0.1, 0.15) is 0 Å². The maximum atomic E-state index is 3.69. The molecule has 0 radical (unpaired) electrons. The molecule has 3 rings (SSSR count). The largest absolute Gasteiger partial charge is 0.311 e. The van der Waals surface area contributed by atoms with Crippen molar-refractivity contribution >= 4 is 0 Å². The molecule has 1 N–H and O–H groups in total. The van der Waals surface area contributed by atoms with E-state index in [1.807, 2.05) is 0 Å². The second kappa shape index (κ2) is 1.58. The van der Waals surface area contributed by atoms with Crippen molar-refractivity contribution in [1.29, 1.82) is 0 Å².